The molecule has 23 heavy (non-hydrogen) atoms. The second kappa shape index (κ2) is 8.94. The van der Waals surface area contributed by atoms with Crippen LogP contribution in [-0.2, 0) is 17.8 Å². The Morgan fingerprint density at radius 2 is 1.91 bits per heavy atom. The van der Waals surface area contributed by atoms with E-state index in [4.69, 9.17) is 5.73 Å². The smallest absolute Gasteiger partial charge is 0.223 e. The molecule has 0 saturated heterocycles. The van der Waals surface area contributed by atoms with Crippen LogP contribution < -0.4 is 5.73 Å². The number of hydrogen-bond acceptors (Lipinski definition) is 3. The van der Waals surface area contributed by atoms with Crippen LogP contribution in [-0.4, -0.2) is 16.8 Å². The van der Waals surface area contributed by atoms with Gasteiger partial charge in [-0.1, -0.05) is 18.2 Å². The Kier molecular flexibility index (Phi) is 7.59. The van der Waals surface area contributed by atoms with Crippen LogP contribution in [0.25, 0.3) is 0 Å². The van der Waals surface area contributed by atoms with Gasteiger partial charge in [0.2, 0.25) is 5.91 Å². The molecule has 5 heteroatoms. The van der Waals surface area contributed by atoms with E-state index in [1.54, 1.807) is 11.3 Å². The fourth-order valence-corrected chi connectivity index (χ4v) is 3.33. The molecular formula is C18H25ClN2OS. The molecule has 0 atom stereocenters. The van der Waals surface area contributed by atoms with Crippen molar-refractivity contribution >= 4 is 35.3 Å². The van der Waals surface area contributed by atoms with E-state index in [1.807, 2.05) is 29.2 Å². The summed E-state index contributed by atoms with van der Waals surface area (Å²) in [4.78, 5) is 17.0. The molecule has 1 aromatic heterocycles. The Morgan fingerprint density at radius 3 is 2.48 bits per heavy atom. The predicted molar refractivity (Wildman–Crippen MR) is 101 cm³/mol. The summed E-state index contributed by atoms with van der Waals surface area (Å²) in [5.74, 6) is 0.185. The van der Waals surface area contributed by atoms with Crippen LogP contribution >= 0.6 is 23.7 Å². The third-order valence-electron chi connectivity index (χ3n) is 3.73. The lowest BCUT2D eigenvalue weighted by molar-refractivity contribution is -0.133. The Morgan fingerprint density at radius 1 is 1.22 bits per heavy atom. The molecule has 0 unspecified atom stereocenters. The topological polar surface area (TPSA) is 46.3 Å². The van der Waals surface area contributed by atoms with Crippen molar-refractivity contribution in [2.45, 2.75) is 46.2 Å². The number of thiophene rings is 1. The fraction of sp³-hybridized carbons (Fsp3) is 0.389. The van der Waals surface area contributed by atoms with E-state index in [0.29, 0.717) is 19.4 Å². The fourth-order valence-electron chi connectivity index (χ4n) is 2.44. The third kappa shape index (κ3) is 5.56. The van der Waals surface area contributed by atoms with E-state index in [1.165, 1.54) is 9.75 Å². The van der Waals surface area contributed by atoms with Crippen molar-refractivity contribution < 1.29 is 4.79 Å². The van der Waals surface area contributed by atoms with E-state index in [0.717, 1.165) is 11.3 Å². The third-order valence-corrected chi connectivity index (χ3v) is 4.71. The van der Waals surface area contributed by atoms with Gasteiger partial charge in [-0.25, -0.2) is 0 Å². The van der Waals surface area contributed by atoms with E-state index in [-0.39, 0.29) is 24.4 Å². The van der Waals surface area contributed by atoms with Crippen LogP contribution in [0.3, 0.4) is 0 Å². The van der Waals surface area contributed by atoms with Gasteiger partial charge in [0.15, 0.2) is 0 Å². The van der Waals surface area contributed by atoms with Gasteiger partial charge in [-0.15, -0.1) is 23.7 Å². The van der Waals surface area contributed by atoms with Crippen molar-refractivity contribution in [1.29, 1.82) is 0 Å². The average molecular weight is 353 g/mol. The Hall–Kier alpha value is -1.52. The van der Waals surface area contributed by atoms with Gasteiger partial charge in [-0.3, -0.25) is 4.79 Å². The zero-order valence-corrected chi connectivity index (χ0v) is 15.5. The van der Waals surface area contributed by atoms with Crippen molar-refractivity contribution in [3.63, 3.8) is 0 Å². The van der Waals surface area contributed by atoms with Gasteiger partial charge in [0.1, 0.15) is 0 Å². The Bertz CT molecular complexity index is 639. The number of hydrogen-bond donors (Lipinski definition) is 1. The number of amides is 1. The number of rotatable bonds is 6. The molecule has 3 nitrogen and oxygen atoms in total. The van der Waals surface area contributed by atoms with Gasteiger partial charge in [-0.05, 0) is 51.0 Å². The molecule has 1 heterocycles. The summed E-state index contributed by atoms with van der Waals surface area (Å²) in [6.07, 6.45) is 1.19. The summed E-state index contributed by atoms with van der Waals surface area (Å²) in [6.45, 7) is 6.91. The van der Waals surface area contributed by atoms with Crippen molar-refractivity contribution in [2.24, 2.45) is 0 Å². The molecule has 2 rings (SSSR count). The maximum absolute atomic E-state index is 12.6. The molecule has 0 fully saturated rings. The standard InChI is InChI=1S/C18H24N2OS.ClH/c1-13(2)20(12-16-10-8-14(3)22-16)18(21)11-9-15-6-4-5-7-17(15)19;/h4-8,10,13H,9,11-12,19H2,1-3H3;1H. The van der Waals surface area contributed by atoms with Crippen LogP contribution in [0.4, 0.5) is 5.69 Å². The van der Waals surface area contributed by atoms with E-state index >= 15 is 0 Å². The van der Waals surface area contributed by atoms with Crippen LogP contribution in [0, 0.1) is 6.92 Å². The van der Waals surface area contributed by atoms with Crippen molar-refractivity contribution in [3.05, 3.63) is 51.7 Å². The van der Waals surface area contributed by atoms with Crippen molar-refractivity contribution in [3.8, 4) is 0 Å². The number of carbonyl (C=O) groups is 1. The molecule has 0 bridgehead atoms. The summed E-state index contributed by atoms with van der Waals surface area (Å²) < 4.78 is 0. The van der Waals surface area contributed by atoms with Crippen molar-refractivity contribution in [1.82, 2.24) is 4.90 Å². The van der Waals surface area contributed by atoms with Gasteiger partial charge < -0.3 is 10.6 Å². The molecular weight excluding hydrogens is 328 g/mol. The highest BCUT2D eigenvalue weighted by Crippen LogP contribution is 2.20. The number of anilines is 1. The van der Waals surface area contributed by atoms with E-state index in [9.17, 15) is 4.79 Å². The summed E-state index contributed by atoms with van der Waals surface area (Å²) in [7, 11) is 0. The van der Waals surface area contributed by atoms with Gasteiger partial charge in [0, 0.05) is 27.9 Å². The average Bonchev–Trinajstić information content (AvgIpc) is 2.88. The first kappa shape index (κ1) is 19.5. The maximum atomic E-state index is 12.6. The highest BCUT2D eigenvalue weighted by molar-refractivity contribution is 7.11. The molecule has 1 amide bonds. The molecule has 0 saturated carbocycles. The van der Waals surface area contributed by atoms with E-state index in [2.05, 4.69) is 32.9 Å². The monoisotopic (exact) mass is 352 g/mol. The van der Waals surface area contributed by atoms with Crippen LogP contribution in [0.15, 0.2) is 36.4 Å². The van der Waals surface area contributed by atoms with Crippen LogP contribution in [0.1, 0.15) is 35.6 Å². The number of carbonyl (C=O) groups excluding carboxylic acids is 1. The maximum Gasteiger partial charge on any atom is 0.223 e. The Labute approximate surface area is 148 Å². The highest BCUT2D eigenvalue weighted by atomic mass is 35.5. The summed E-state index contributed by atoms with van der Waals surface area (Å²) in [6, 6.07) is 12.2. The molecule has 0 aliphatic rings. The summed E-state index contributed by atoms with van der Waals surface area (Å²) >= 11 is 1.75. The van der Waals surface area contributed by atoms with Crippen LogP contribution in [0.2, 0.25) is 0 Å². The van der Waals surface area contributed by atoms with Crippen LogP contribution in [0.5, 0.6) is 0 Å². The van der Waals surface area contributed by atoms with E-state index < -0.39 is 0 Å². The van der Waals surface area contributed by atoms with Gasteiger partial charge in [-0.2, -0.15) is 0 Å². The number of benzene rings is 1. The predicted octanol–water partition coefficient (Wildman–Crippen LogP) is 4.43. The molecule has 0 spiro atoms. The lowest BCUT2D eigenvalue weighted by Gasteiger charge is -2.26. The minimum Gasteiger partial charge on any atom is -0.399 e. The molecule has 0 aliphatic carbocycles. The SMILES string of the molecule is Cc1ccc(CN(C(=O)CCc2ccccc2N)C(C)C)s1.Cl. The minimum absolute atomic E-state index is 0. The number of nitrogens with zero attached hydrogens (tertiary/aromatic N) is 1. The summed E-state index contributed by atoms with van der Waals surface area (Å²) in [5, 5.41) is 0. The molecule has 2 N–H and O–H groups in total. The first-order valence-corrected chi connectivity index (χ1v) is 8.47. The number of halogens is 1. The normalized spacial score (nSPS) is 10.4. The second-order valence-corrected chi connectivity index (χ2v) is 7.20. The first-order chi connectivity index (χ1) is 10.5. The number of aryl methyl sites for hydroxylation is 2. The lowest BCUT2D eigenvalue weighted by Crippen LogP contribution is -2.36. The Balaban J connectivity index is 0.00000264. The highest BCUT2D eigenvalue weighted by Gasteiger charge is 2.18. The molecule has 126 valence electrons. The zero-order chi connectivity index (χ0) is 16.1. The molecule has 1 aromatic carbocycles. The molecule has 2 aromatic rings. The number of nitrogens with two attached hydrogens (primary N) is 1. The van der Waals surface area contributed by atoms with Gasteiger partial charge in [0.25, 0.3) is 0 Å². The lowest BCUT2D eigenvalue weighted by atomic mass is 10.1. The second-order valence-electron chi connectivity index (χ2n) is 5.83. The quantitative estimate of drug-likeness (QED) is 0.781. The zero-order valence-electron chi connectivity index (χ0n) is 13.9. The number of para-hydroxylation sites is 1. The van der Waals surface area contributed by atoms with Gasteiger partial charge in [0.05, 0.1) is 6.54 Å². The number of nitrogen functional groups attached to an aromatic ring is 1. The first-order valence-electron chi connectivity index (χ1n) is 7.65. The molecule has 0 radical (unpaired) electrons. The van der Waals surface area contributed by atoms with Crippen molar-refractivity contribution in [2.75, 3.05) is 5.73 Å². The van der Waals surface area contributed by atoms with Gasteiger partial charge >= 0.3 is 0 Å². The summed E-state index contributed by atoms with van der Waals surface area (Å²) in [5.41, 5.74) is 7.76. The minimum atomic E-state index is 0. The largest absolute Gasteiger partial charge is 0.399 e. The molecule has 0 aliphatic heterocycles.